The lowest BCUT2D eigenvalue weighted by molar-refractivity contribution is 0.132. The number of hydrogen-bond acceptors (Lipinski definition) is 6. The van der Waals surface area contributed by atoms with Crippen molar-refractivity contribution in [2.75, 3.05) is 31.1 Å². The van der Waals surface area contributed by atoms with Gasteiger partial charge in [0.25, 0.3) is 0 Å². The second-order valence-corrected chi connectivity index (χ2v) is 8.99. The summed E-state index contributed by atoms with van der Waals surface area (Å²) in [6.45, 7) is 5.92. The van der Waals surface area contributed by atoms with Gasteiger partial charge in [-0.05, 0) is 62.3 Å². The molecule has 1 amide bonds. The van der Waals surface area contributed by atoms with E-state index in [1.54, 1.807) is 13.0 Å². The van der Waals surface area contributed by atoms with E-state index >= 15 is 0 Å². The Balaban J connectivity index is 1.54. The van der Waals surface area contributed by atoms with Gasteiger partial charge in [0.05, 0.1) is 17.0 Å². The first-order valence-electron chi connectivity index (χ1n) is 11.3. The summed E-state index contributed by atoms with van der Waals surface area (Å²) in [6.07, 6.45) is 0.860. The van der Waals surface area contributed by atoms with Crippen LogP contribution >= 0.6 is 0 Å². The van der Waals surface area contributed by atoms with Gasteiger partial charge in [-0.25, -0.2) is 19.4 Å². The van der Waals surface area contributed by atoms with Crippen LogP contribution in [0.4, 0.5) is 15.0 Å². The summed E-state index contributed by atoms with van der Waals surface area (Å²) >= 11 is 0. The summed E-state index contributed by atoms with van der Waals surface area (Å²) in [7, 11) is 0. The number of carboxylic acid groups (broad SMARTS) is 1. The number of β-amino-alcohol motifs (C(OH)–C–C–N with tert-alkyl or cyclic N) is 1. The van der Waals surface area contributed by atoms with E-state index in [4.69, 9.17) is 0 Å². The molecule has 1 aromatic carbocycles. The van der Waals surface area contributed by atoms with Crippen LogP contribution in [-0.2, 0) is 0 Å². The number of amides is 1. The minimum Gasteiger partial charge on any atom is -0.465 e. The fraction of sp³-hybridized carbons (Fsp3) is 0.478. The Hall–Kier alpha value is -3.27. The highest BCUT2D eigenvalue weighted by Crippen LogP contribution is 2.34. The van der Waals surface area contributed by atoms with Gasteiger partial charge in [0.1, 0.15) is 11.6 Å². The molecule has 0 aliphatic carbocycles. The zero-order valence-electron chi connectivity index (χ0n) is 18.7. The van der Waals surface area contributed by atoms with E-state index in [0.717, 1.165) is 24.0 Å². The highest BCUT2D eigenvalue weighted by molar-refractivity contribution is 5.83. The van der Waals surface area contributed by atoms with Crippen molar-refractivity contribution in [3.05, 3.63) is 41.1 Å². The van der Waals surface area contributed by atoms with Crippen LogP contribution in [0, 0.1) is 19.8 Å². The van der Waals surface area contributed by atoms with E-state index in [9.17, 15) is 19.4 Å². The van der Waals surface area contributed by atoms with Crippen molar-refractivity contribution in [1.82, 2.24) is 24.6 Å². The zero-order valence-corrected chi connectivity index (χ0v) is 18.7. The van der Waals surface area contributed by atoms with Crippen molar-refractivity contribution in [1.29, 1.82) is 0 Å². The lowest BCUT2D eigenvalue weighted by Crippen LogP contribution is -2.36. The van der Waals surface area contributed by atoms with E-state index < -0.39 is 12.0 Å². The summed E-state index contributed by atoms with van der Waals surface area (Å²) in [6, 6.07) is 5.57. The van der Waals surface area contributed by atoms with Crippen molar-refractivity contribution in [3.63, 3.8) is 0 Å². The molecule has 2 aliphatic rings. The first-order chi connectivity index (χ1) is 15.8. The Morgan fingerprint density at radius 2 is 1.79 bits per heavy atom. The number of hydrogen-bond donors (Lipinski definition) is 2. The molecular formula is C23H27FN6O3. The minimum atomic E-state index is -0.888. The Labute approximate surface area is 190 Å². The standard InChI is InChI=1S/C23H27FN6O3/c1-13-9-18-19(10-17(13)15-3-6-28(7-4-15)23(32)33)30(27-22(18)24)21-11-20(25-14(2)26-21)29-8-5-16(31)12-29/h9-11,15-16,31H,3-8,12H2,1-2H3,(H,32,33)/t16-/m0/s1. The number of aromatic nitrogens is 4. The number of carbonyl (C=O) groups is 1. The average Bonchev–Trinajstić information content (AvgIpc) is 3.36. The van der Waals surface area contributed by atoms with Crippen molar-refractivity contribution >= 4 is 22.8 Å². The third-order valence-electron chi connectivity index (χ3n) is 6.74. The van der Waals surface area contributed by atoms with Crippen molar-refractivity contribution in [3.8, 4) is 5.82 Å². The summed E-state index contributed by atoms with van der Waals surface area (Å²) in [5, 5.41) is 23.7. The SMILES string of the molecule is Cc1nc(N2CC[C@H](O)C2)cc(-n2nc(F)c3cc(C)c(C4CCN(C(=O)O)CC4)cc32)n1. The maximum atomic E-state index is 14.8. The summed E-state index contributed by atoms with van der Waals surface area (Å²) < 4.78 is 16.4. The smallest absolute Gasteiger partial charge is 0.407 e. The monoisotopic (exact) mass is 454 g/mol. The van der Waals surface area contributed by atoms with E-state index in [0.29, 0.717) is 61.0 Å². The topological polar surface area (TPSA) is 108 Å². The Morgan fingerprint density at radius 3 is 2.45 bits per heavy atom. The second kappa shape index (κ2) is 8.26. The normalized spacial score (nSPS) is 19.6. The molecule has 0 bridgehead atoms. The minimum absolute atomic E-state index is 0.199. The maximum absolute atomic E-state index is 14.8. The van der Waals surface area contributed by atoms with Gasteiger partial charge in [-0.15, -0.1) is 5.10 Å². The van der Waals surface area contributed by atoms with Gasteiger partial charge >= 0.3 is 6.09 Å². The number of benzene rings is 1. The molecule has 4 heterocycles. The van der Waals surface area contributed by atoms with Crippen LogP contribution in [-0.4, -0.2) is 73.2 Å². The summed E-state index contributed by atoms with van der Waals surface area (Å²) in [5.74, 6) is 1.34. The molecular weight excluding hydrogens is 427 g/mol. The van der Waals surface area contributed by atoms with Crippen LogP contribution in [0.15, 0.2) is 18.2 Å². The van der Waals surface area contributed by atoms with Gasteiger partial charge in [-0.3, -0.25) is 0 Å². The van der Waals surface area contributed by atoms with Crippen LogP contribution < -0.4 is 4.90 Å². The van der Waals surface area contributed by atoms with E-state index in [1.807, 2.05) is 24.0 Å². The molecule has 1 atom stereocenters. The Kier molecular flexibility index (Phi) is 5.40. The van der Waals surface area contributed by atoms with Crippen LogP contribution in [0.1, 0.15) is 42.1 Å². The molecule has 2 aromatic heterocycles. The van der Waals surface area contributed by atoms with Gasteiger partial charge in [0.2, 0.25) is 5.95 Å². The largest absolute Gasteiger partial charge is 0.465 e. The molecule has 33 heavy (non-hydrogen) atoms. The van der Waals surface area contributed by atoms with Crippen molar-refractivity contribution in [2.24, 2.45) is 0 Å². The van der Waals surface area contributed by atoms with Gasteiger partial charge < -0.3 is 20.0 Å². The van der Waals surface area contributed by atoms with Gasteiger partial charge in [0, 0.05) is 32.2 Å². The molecule has 2 aliphatic heterocycles. The Bertz CT molecular complexity index is 1220. The highest BCUT2D eigenvalue weighted by Gasteiger charge is 2.27. The molecule has 2 saturated heterocycles. The predicted molar refractivity (Wildman–Crippen MR) is 121 cm³/mol. The zero-order chi connectivity index (χ0) is 23.3. The molecule has 3 aromatic rings. The molecule has 9 nitrogen and oxygen atoms in total. The Morgan fingerprint density at radius 1 is 1.06 bits per heavy atom. The molecule has 5 rings (SSSR count). The number of piperidine rings is 1. The van der Waals surface area contributed by atoms with Crippen LogP contribution in [0.2, 0.25) is 0 Å². The molecule has 2 N–H and O–H groups in total. The number of fused-ring (bicyclic) bond motifs is 1. The third kappa shape index (κ3) is 3.99. The lowest BCUT2D eigenvalue weighted by Gasteiger charge is -2.31. The fourth-order valence-corrected chi connectivity index (χ4v) is 5.00. The van der Waals surface area contributed by atoms with Crippen LogP contribution in [0.3, 0.4) is 0 Å². The molecule has 0 saturated carbocycles. The van der Waals surface area contributed by atoms with Crippen LogP contribution in [0.25, 0.3) is 16.7 Å². The van der Waals surface area contributed by atoms with Gasteiger partial charge in [0.15, 0.2) is 5.82 Å². The number of aliphatic hydroxyl groups excluding tert-OH is 1. The second-order valence-electron chi connectivity index (χ2n) is 8.99. The number of halogens is 1. The quantitative estimate of drug-likeness (QED) is 0.626. The van der Waals surface area contributed by atoms with E-state index in [2.05, 4.69) is 15.1 Å². The van der Waals surface area contributed by atoms with Gasteiger partial charge in [-0.2, -0.15) is 4.39 Å². The molecule has 0 spiro atoms. The number of likely N-dealkylation sites (tertiary alicyclic amines) is 1. The molecule has 0 unspecified atom stereocenters. The van der Waals surface area contributed by atoms with Gasteiger partial charge in [-0.1, -0.05) is 0 Å². The highest BCUT2D eigenvalue weighted by atomic mass is 19.1. The molecule has 0 radical (unpaired) electrons. The molecule has 2 fully saturated rings. The fourth-order valence-electron chi connectivity index (χ4n) is 5.00. The number of nitrogens with zero attached hydrogens (tertiary/aromatic N) is 6. The van der Waals surface area contributed by atoms with Crippen molar-refractivity contribution < 1.29 is 19.4 Å². The molecule has 174 valence electrons. The van der Waals surface area contributed by atoms with Crippen molar-refractivity contribution in [2.45, 2.75) is 45.1 Å². The number of aliphatic hydroxyl groups is 1. The van der Waals surface area contributed by atoms with E-state index in [-0.39, 0.29) is 12.0 Å². The first kappa shape index (κ1) is 21.6. The van der Waals surface area contributed by atoms with E-state index in [1.165, 1.54) is 9.58 Å². The summed E-state index contributed by atoms with van der Waals surface area (Å²) in [5.41, 5.74) is 2.68. The maximum Gasteiger partial charge on any atom is 0.407 e. The summed E-state index contributed by atoms with van der Waals surface area (Å²) in [4.78, 5) is 23.7. The van der Waals surface area contributed by atoms with Crippen LogP contribution in [0.5, 0.6) is 0 Å². The predicted octanol–water partition coefficient (Wildman–Crippen LogP) is 3.00. The number of rotatable bonds is 3. The third-order valence-corrected chi connectivity index (χ3v) is 6.74. The lowest BCUT2D eigenvalue weighted by atomic mass is 9.86. The number of anilines is 1. The number of aryl methyl sites for hydroxylation is 2. The first-order valence-corrected chi connectivity index (χ1v) is 11.3. The average molecular weight is 455 g/mol. The molecule has 10 heteroatoms.